The van der Waals surface area contributed by atoms with Gasteiger partial charge in [-0.25, -0.2) is 4.98 Å². The summed E-state index contributed by atoms with van der Waals surface area (Å²) in [5, 5.41) is 2.76. The summed E-state index contributed by atoms with van der Waals surface area (Å²) in [6.45, 7) is 6.06. The van der Waals surface area contributed by atoms with Crippen LogP contribution in [0, 0.1) is 0 Å². The van der Waals surface area contributed by atoms with Gasteiger partial charge in [-0.3, -0.25) is 9.59 Å². The van der Waals surface area contributed by atoms with E-state index in [1.165, 1.54) is 6.07 Å². The molecule has 0 radical (unpaired) electrons. The van der Waals surface area contributed by atoms with Gasteiger partial charge in [0.15, 0.2) is 5.58 Å². The van der Waals surface area contributed by atoms with E-state index < -0.39 is 11.5 Å². The van der Waals surface area contributed by atoms with E-state index in [9.17, 15) is 9.59 Å². The Morgan fingerprint density at radius 3 is 2.48 bits per heavy atom. The van der Waals surface area contributed by atoms with E-state index in [1.54, 1.807) is 24.3 Å². The summed E-state index contributed by atoms with van der Waals surface area (Å²) in [6, 6.07) is 17.9. The molecule has 0 aliphatic rings. The van der Waals surface area contributed by atoms with Crippen molar-refractivity contribution in [3.8, 4) is 11.3 Å². The maximum atomic E-state index is 12.6. The van der Waals surface area contributed by atoms with E-state index in [4.69, 9.17) is 4.42 Å². The SMILES string of the molecule is CC(C)(C)c1nc2cc(NC(=O)c3ccc(-c4ccccc4)[nH]c3=O)ccc2o1. The molecule has 0 saturated heterocycles. The fourth-order valence-electron chi connectivity index (χ4n) is 2.96. The summed E-state index contributed by atoms with van der Waals surface area (Å²) in [5.74, 6) is 0.147. The van der Waals surface area contributed by atoms with Gasteiger partial charge in [0.2, 0.25) is 5.89 Å². The number of amides is 1. The molecule has 0 aliphatic carbocycles. The molecule has 2 N–H and O–H groups in total. The minimum absolute atomic E-state index is 0.0420. The molecule has 6 nitrogen and oxygen atoms in total. The summed E-state index contributed by atoms with van der Waals surface area (Å²) in [4.78, 5) is 32.3. The van der Waals surface area contributed by atoms with Crippen molar-refractivity contribution in [3.63, 3.8) is 0 Å². The summed E-state index contributed by atoms with van der Waals surface area (Å²) < 4.78 is 5.77. The lowest BCUT2D eigenvalue weighted by atomic mass is 9.97. The second-order valence-electron chi connectivity index (χ2n) is 7.89. The van der Waals surface area contributed by atoms with Crippen LogP contribution in [0.5, 0.6) is 0 Å². The van der Waals surface area contributed by atoms with Crippen LogP contribution < -0.4 is 10.9 Å². The van der Waals surface area contributed by atoms with Crippen LogP contribution in [-0.2, 0) is 5.41 Å². The predicted molar refractivity (Wildman–Crippen MR) is 113 cm³/mol. The quantitative estimate of drug-likeness (QED) is 0.532. The molecule has 146 valence electrons. The number of H-pyrrole nitrogens is 1. The zero-order valence-corrected chi connectivity index (χ0v) is 16.4. The van der Waals surface area contributed by atoms with Crippen LogP contribution in [0.15, 0.2) is 69.9 Å². The van der Waals surface area contributed by atoms with Crippen LogP contribution in [0.3, 0.4) is 0 Å². The number of nitrogens with one attached hydrogen (secondary N) is 2. The van der Waals surface area contributed by atoms with E-state index >= 15 is 0 Å². The fourth-order valence-corrected chi connectivity index (χ4v) is 2.96. The van der Waals surface area contributed by atoms with Gasteiger partial charge >= 0.3 is 0 Å². The summed E-state index contributed by atoms with van der Waals surface area (Å²) in [6.07, 6.45) is 0. The Bertz CT molecular complexity index is 1250. The number of hydrogen-bond acceptors (Lipinski definition) is 4. The Hall–Kier alpha value is -3.67. The number of rotatable bonds is 3. The number of aromatic amines is 1. The third-order valence-electron chi connectivity index (χ3n) is 4.53. The minimum Gasteiger partial charge on any atom is -0.440 e. The molecule has 0 atom stereocenters. The molecule has 0 spiro atoms. The lowest BCUT2D eigenvalue weighted by molar-refractivity contribution is 0.102. The Kier molecular flexibility index (Phi) is 4.54. The Morgan fingerprint density at radius 2 is 1.79 bits per heavy atom. The highest BCUT2D eigenvalue weighted by molar-refractivity contribution is 6.04. The summed E-state index contributed by atoms with van der Waals surface area (Å²) >= 11 is 0. The topological polar surface area (TPSA) is 88.0 Å². The first-order chi connectivity index (χ1) is 13.8. The normalized spacial score (nSPS) is 11.6. The molecular formula is C23H21N3O3. The average molecular weight is 387 g/mol. The number of pyridine rings is 1. The van der Waals surface area contributed by atoms with Crippen LogP contribution in [0.4, 0.5) is 5.69 Å². The molecule has 29 heavy (non-hydrogen) atoms. The average Bonchev–Trinajstić information content (AvgIpc) is 3.12. The molecule has 0 bridgehead atoms. The number of carbonyl (C=O) groups excluding carboxylic acids is 1. The predicted octanol–water partition coefficient (Wildman–Crippen LogP) is 4.73. The molecule has 2 heterocycles. The maximum Gasteiger partial charge on any atom is 0.261 e. The van der Waals surface area contributed by atoms with Crippen LogP contribution in [0.25, 0.3) is 22.4 Å². The van der Waals surface area contributed by atoms with Gasteiger partial charge in [0, 0.05) is 16.8 Å². The highest BCUT2D eigenvalue weighted by Crippen LogP contribution is 2.27. The van der Waals surface area contributed by atoms with Gasteiger partial charge in [0.05, 0.1) is 0 Å². The maximum absolute atomic E-state index is 12.6. The Balaban J connectivity index is 1.58. The first-order valence-electron chi connectivity index (χ1n) is 9.32. The van der Waals surface area contributed by atoms with Crippen molar-refractivity contribution >= 4 is 22.7 Å². The van der Waals surface area contributed by atoms with Crippen LogP contribution >= 0.6 is 0 Å². The number of anilines is 1. The molecule has 4 aromatic rings. The van der Waals surface area contributed by atoms with E-state index in [0.717, 1.165) is 5.56 Å². The second-order valence-corrected chi connectivity index (χ2v) is 7.89. The summed E-state index contributed by atoms with van der Waals surface area (Å²) in [5.41, 5.74) is 2.77. The molecule has 4 rings (SSSR count). The van der Waals surface area contributed by atoms with Crippen molar-refractivity contribution in [2.75, 3.05) is 5.32 Å². The third-order valence-corrected chi connectivity index (χ3v) is 4.53. The second kappa shape index (κ2) is 7.05. The zero-order chi connectivity index (χ0) is 20.6. The highest BCUT2D eigenvalue weighted by atomic mass is 16.3. The van der Waals surface area contributed by atoms with Crippen LogP contribution in [-0.4, -0.2) is 15.9 Å². The lowest BCUT2D eigenvalue weighted by Gasteiger charge is -2.11. The minimum atomic E-state index is -0.482. The van der Waals surface area contributed by atoms with E-state index in [1.807, 2.05) is 51.1 Å². The Labute approximate surface area is 167 Å². The van der Waals surface area contributed by atoms with Crippen molar-refractivity contribution in [1.82, 2.24) is 9.97 Å². The van der Waals surface area contributed by atoms with Gasteiger partial charge in [-0.2, -0.15) is 0 Å². The number of nitrogens with zero attached hydrogens (tertiary/aromatic N) is 1. The highest BCUT2D eigenvalue weighted by Gasteiger charge is 2.21. The molecule has 1 amide bonds. The molecule has 0 unspecified atom stereocenters. The van der Waals surface area contributed by atoms with Crippen LogP contribution in [0.1, 0.15) is 37.0 Å². The monoisotopic (exact) mass is 387 g/mol. The molecule has 0 saturated carbocycles. The van der Waals surface area contributed by atoms with Crippen LogP contribution in [0.2, 0.25) is 0 Å². The van der Waals surface area contributed by atoms with Crippen molar-refractivity contribution < 1.29 is 9.21 Å². The molecule has 0 aliphatic heterocycles. The molecular weight excluding hydrogens is 366 g/mol. The van der Waals surface area contributed by atoms with Crippen molar-refractivity contribution in [3.05, 3.63) is 82.5 Å². The van der Waals surface area contributed by atoms with Gasteiger partial charge in [-0.15, -0.1) is 0 Å². The smallest absolute Gasteiger partial charge is 0.261 e. The standard InChI is InChI=1S/C23H21N3O3/c1-23(2,3)22-26-18-13-15(9-12-19(18)29-22)24-20(27)16-10-11-17(25-21(16)28)14-7-5-4-6-8-14/h4-13H,1-3H3,(H,24,27)(H,25,28). The molecule has 0 fully saturated rings. The zero-order valence-electron chi connectivity index (χ0n) is 16.4. The van der Waals surface area contributed by atoms with E-state index in [2.05, 4.69) is 15.3 Å². The number of carbonyl (C=O) groups is 1. The fraction of sp³-hybridized carbons (Fsp3) is 0.174. The molecule has 2 aromatic heterocycles. The van der Waals surface area contributed by atoms with Gasteiger partial charge in [0.25, 0.3) is 11.5 Å². The number of hydrogen-bond donors (Lipinski definition) is 2. The summed E-state index contributed by atoms with van der Waals surface area (Å²) in [7, 11) is 0. The number of fused-ring (bicyclic) bond motifs is 1. The van der Waals surface area contributed by atoms with E-state index in [-0.39, 0.29) is 11.0 Å². The number of aromatic nitrogens is 2. The first-order valence-corrected chi connectivity index (χ1v) is 9.32. The molecule has 2 aromatic carbocycles. The van der Waals surface area contributed by atoms with Crippen molar-refractivity contribution in [1.29, 1.82) is 0 Å². The van der Waals surface area contributed by atoms with Crippen molar-refractivity contribution in [2.45, 2.75) is 26.2 Å². The van der Waals surface area contributed by atoms with Crippen molar-refractivity contribution in [2.24, 2.45) is 0 Å². The van der Waals surface area contributed by atoms with Gasteiger partial charge in [-0.05, 0) is 35.9 Å². The number of oxazole rings is 1. The number of benzene rings is 2. The van der Waals surface area contributed by atoms with Gasteiger partial charge < -0.3 is 14.7 Å². The third kappa shape index (κ3) is 3.82. The van der Waals surface area contributed by atoms with Gasteiger partial charge in [-0.1, -0.05) is 51.1 Å². The lowest BCUT2D eigenvalue weighted by Crippen LogP contribution is -2.23. The largest absolute Gasteiger partial charge is 0.440 e. The molecule has 6 heteroatoms. The van der Waals surface area contributed by atoms with Gasteiger partial charge in [0.1, 0.15) is 11.1 Å². The first kappa shape index (κ1) is 18.7. The Morgan fingerprint density at radius 1 is 1.03 bits per heavy atom. The van der Waals surface area contributed by atoms with E-state index in [0.29, 0.717) is 28.4 Å².